The van der Waals surface area contributed by atoms with Crippen LogP contribution in [0.2, 0.25) is 0 Å². The van der Waals surface area contributed by atoms with Crippen LogP contribution in [0.25, 0.3) is 0 Å². The summed E-state index contributed by atoms with van der Waals surface area (Å²) in [4.78, 5) is 28.7. The van der Waals surface area contributed by atoms with Crippen molar-refractivity contribution in [3.8, 4) is 5.75 Å². The minimum Gasteiger partial charge on any atom is -0.486 e. The van der Waals surface area contributed by atoms with Gasteiger partial charge in [-0.1, -0.05) is 17.4 Å². The van der Waals surface area contributed by atoms with Gasteiger partial charge in [0, 0.05) is 12.1 Å². The lowest BCUT2D eigenvalue weighted by molar-refractivity contribution is 0.0605. The second-order valence-corrected chi connectivity index (χ2v) is 6.61. The zero-order valence-corrected chi connectivity index (χ0v) is 16.3. The number of anilines is 1. The molecule has 3 aromatic rings. The first-order valence-electron chi connectivity index (χ1n) is 8.36. The number of thiazole rings is 1. The standard InChI is InChI=1S/C17H18N6O4S/c1-4-23-13(20-21-22-23)9-27-12-7-5-6-11(8-12)15(24)19-17-18-10(2)14(28-17)16(25)26-3/h5-8H,4,9H2,1-3H3,(H,18,19,24). The van der Waals surface area contributed by atoms with Crippen molar-refractivity contribution in [2.45, 2.75) is 27.0 Å². The van der Waals surface area contributed by atoms with E-state index in [1.807, 2.05) is 6.92 Å². The van der Waals surface area contributed by atoms with Crippen LogP contribution in [0, 0.1) is 6.92 Å². The predicted octanol–water partition coefficient (Wildman–Crippen LogP) is 2.08. The fourth-order valence-corrected chi connectivity index (χ4v) is 3.23. The Morgan fingerprint density at radius 1 is 1.32 bits per heavy atom. The Morgan fingerprint density at radius 2 is 2.14 bits per heavy atom. The zero-order chi connectivity index (χ0) is 20.1. The van der Waals surface area contributed by atoms with Gasteiger partial charge in [-0.05, 0) is 42.5 Å². The molecule has 1 N–H and O–H groups in total. The molecule has 0 spiro atoms. The second-order valence-electron chi connectivity index (χ2n) is 5.61. The van der Waals surface area contributed by atoms with Crippen LogP contribution in [-0.2, 0) is 17.9 Å². The fourth-order valence-electron chi connectivity index (χ4n) is 2.35. The van der Waals surface area contributed by atoms with Gasteiger partial charge in [-0.3, -0.25) is 10.1 Å². The lowest BCUT2D eigenvalue weighted by Gasteiger charge is -2.07. The molecule has 3 rings (SSSR count). The van der Waals surface area contributed by atoms with Crippen LogP contribution in [0.5, 0.6) is 5.75 Å². The van der Waals surface area contributed by atoms with E-state index in [1.165, 1.54) is 7.11 Å². The Balaban J connectivity index is 1.68. The van der Waals surface area contributed by atoms with E-state index in [4.69, 9.17) is 9.47 Å². The van der Waals surface area contributed by atoms with E-state index >= 15 is 0 Å². The van der Waals surface area contributed by atoms with E-state index in [0.29, 0.717) is 39.4 Å². The summed E-state index contributed by atoms with van der Waals surface area (Å²) in [5.74, 6) is 0.240. The summed E-state index contributed by atoms with van der Waals surface area (Å²) in [6, 6.07) is 6.71. The van der Waals surface area contributed by atoms with Gasteiger partial charge < -0.3 is 9.47 Å². The molecule has 28 heavy (non-hydrogen) atoms. The van der Waals surface area contributed by atoms with Crippen molar-refractivity contribution in [1.82, 2.24) is 25.2 Å². The lowest BCUT2D eigenvalue weighted by Crippen LogP contribution is -2.12. The van der Waals surface area contributed by atoms with Gasteiger partial charge in [0.1, 0.15) is 17.2 Å². The van der Waals surface area contributed by atoms with Crippen LogP contribution < -0.4 is 10.1 Å². The first-order chi connectivity index (χ1) is 13.5. The summed E-state index contributed by atoms with van der Waals surface area (Å²) in [5.41, 5.74) is 0.887. The van der Waals surface area contributed by atoms with Gasteiger partial charge in [-0.2, -0.15) is 0 Å². The number of hydrogen-bond donors (Lipinski definition) is 1. The highest BCUT2D eigenvalue weighted by atomic mass is 32.1. The molecule has 0 fully saturated rings. The number of benzene rings is 1. The number of nitrogens with one attached hydrogen (secondary N) is 1. The highest BCUT2D eigenvalue weighted by Gasteiger charge is 2.17. The van der Waals surface area contributed by atoms with Crippen molar-refractivity contribution in [2.75, 3.05) is 12.4 Å². The Bertz CT molecular complexity index is 999. The van der Waals surface area contributed by atoms with Crippen LogP contribution in [0.15, 0.2) is 24.3 Å². The Labute approximate surface area is 164 Å². The molecule has 0 aliphatic heterocycles. The quantitative estimate of drug-likeness (QED) is 0.596. The largest absolute Gasteiger partial charge is 0.486 e. The molecule has 146 valence electrons. The molecule has 0 atom stereocenters. The van der Waals surface area contributed by atoms with E-state index in [9.17, 15) is 9.59 Å². The van der Waals surface area contributed by atoms with Gasteiger partial charge in [0.2, 0.25) is 0 Å². The van der Waals surface area contributed by atoms with Crippen molar-refractivity contribution in [1.29, 1.82) is 0 Å². The molecular weight excluding hydrogens is 384 g/mol. The van der Waals surface area contributed by atoms with Crippen LogP contribution in [0.3, 0.4) is 0 Å². The van der Waals surface area contributed by atoms with Gasteiger partial charge in [0.15, 0.2) is 11.0 Å². The van der Waals surface area contributed by atoms with Gasteiger partial charge in [-0.15, -0.1) is 5.10 Å². The molecule has 0 saturated carbocycles. The maximum Gasteiger partial charge on any atom is 0.350 e. The third-order valence-corrected chi connectivity index (χ3v) is 4.81. The van der Waals surface area contributed by atoms with Crippen molar-refractivity contribution in [3.05, 3.63) is 46.2 Å². The van der Waals surface area contributed by atoms with Crippen LogP contribution in [0.1, 0.15) is 38.5 Å². The van der Waals surface area contributed by atoms with Crippen molar-refractivity contribution in [3.63, 3.8) is 0 Å². The number of ether oxygens (including phenoxy) is 2. The van der Waals surface area contributed by atoms with Gasteiger partial charge in [0.25, 0.3) is 5.91 Å². The summed E-state index contributed by atoms with van der Waals surface area (Å²) >= 11 is 1.06. The van der Waals surface area contributed by atoms with Crippen molar-refractivity contribution < 1.29 is 19.1 Å². The molecule has 0 radical (unpaired) electrons. The van der Waals surface area contributed by atoms with Crippen LogP contribution in [0.4, 0.5) is 5.13 Å². The lowest BCUT2D eigenvalue weighted by atomic mass is 10.2. The summed E-state index contributed by atoms with van der Waals surface area (Å²) < 4.78 is 12.0. The second kappa shape index (κ2) is 8.57. The third-order valence-electron chi connectivity index (χ3n) is 3.76. The van der Waals surface area contributed by atoms with E-state index in [0.717, 1.165) is 11.3 Å². The Morgan fingerprint density at radius 3 is 2.89 bits per heavy atom. The average Bonchev–Trinajstić information content (AvgIpc) is 3.31. The molecule has 11 heteroatoms. The summed E-state index contributed by atoms with van der Waals surface area (Å²) in [6.07, 6.45) is 0. The number of carbonyl (C=O) groups is 2. The minimum atomic E-state index is -0.486. The monoisotopic (exact) mass is 402 g/mol. The Hall–Kier alpha value is -3.34. The average molecular weight is 402 g/mol. The summed E-state index contributed by atoms with van der Waals surface area (Å²) in [7, 11) is 1.30. The van der Waals surface area contributed by atoms with Crippen molar-refractivity contribution >= 4 is 28.3 Å². The third kappa shape index (κ3) is 4.31. The molecule has 0 saturated heterocycles. The Kier molecular flexibility index (Phi) is 5.94. The number of aryl methyl sites for hydroxylation is 2. The zero-order valence-electron chi connectivity index (χ0n) is 15.5. The van der Waals surface area contributed by atoms with Crippen LogP contribution in [-0.4, -0.2) is 44.2 Å². The van der Waals surface area contributed by atoms with Crippen LogP contribution >= 0.6 is 11.3 Å². The highest BCUT2D eigenvalue weighted by molar-refractivity contribution is 7.17. The molecule has 1 amide bonds. The molecule has 0 bridgehead atoms. The number of carbonyl (C=O) groups excluding carboxylic acids is 2. The normalized spacial score (nSPS) is 10.5. The number of tetrazole rings is 1. The number of nitrogens with zero attached hydrogens (tertiary/aromatic N) is 5. The van der Waals surface area contributed by atoms with E-state index in [1.54, 1.807) is 35.9 Å². The van der Waals surface area contributed by atoms with E-state index in [2.05, 4.69) is 25.8 Å². The number of methoxy groups -OCH3 is 1. The molecule has 1 aromatic carbocycles. The first-order valence-corrected chi connectivity index (χ1v) is 9.18. The highest BCUT2D eigenvalue weighted by Crippen LogP contribution is 2.24. The van der Waals surface area contributed by atoms with Gasteiger partial charge >= 0.3 is 5.97 Å². The van der Waals surface area contributed by atoms with Gasteiger partial charge in [0.05, 0.1) is 12.8 Å². The number of hydrogen-bond acceptors (Lipinski definition) is 9. The molecule has 10 nitrogen and oxygen atoms in total. The van der Waals surface area contributed by atoms with E-state index < -0.39 is 5.97 Å². The van der Waals surface area contributed by atoms with Gasteiger partial charge in [-0.25, -0.2) is 14.5 Å². The topological polar surface area (TPSA) is 121 Å². The SMILES string of the molecule is CCn1nnnc1COc1cccc(C(=O)Nc2nc(C)c(C(=O)OC)s2)c1. The van der Waals surface area contributed by atoms with Crippen molar-refractivity contribution in [2.24, 2.45) is 0 Å². The maximum absolute atomic E-state index is 12.5. The number of rotatable bonds is 7. The fraction of sp³-hybridized carbons (Fsp3) is 0.294. The summed E-state index contributed by atoms with van der Waals surface area (Å²) in [5, 5.41) is 14.3. The minimum absolute atomic E-state index is 0.181. The number of aromatic nitrogens is 5. The molecule has 0 aliphatic rings. The summed E-state index contributed by atoms with van der Waals surface area (Å²) in [6.45, 7) is 4.42. The number of amides is 1. The molecular formula is C17H18N6O4S. The molecule has 2 heterocycles. The molecule has 2 aromatic heterocycles. The molecule has 0 aliphatic carbocycles. The first kappa shape index (κ1) is 19.4. The molecule has 0 unspecified atom stereocenters. The van der Waals surface area contributed by atoms with E-state index in [-0.39, 0.29) is 12.5 Å². The number of esters is 1. The maximum atomic E-state index is 12.5. The smallest absolute Gasteiger partial charge is 0.350 e. The predicted molar refractivity (Wildman–Crippen MR) is 100 cm³/mol.